The molecule has 0 aliphatic rings. The van der Waals surface area contributed by atoms with Crippen molar-refractivity contribution in [3.05, 3.63) is 58.9 Å². The van der Waals surface area contributed by atoms with Gasteiger partial charge in [0.05, 0.1) is 12.7 Å². The molecule has 0 atom stereocenters. The molecule has 7 heteroatoms. The van der Waals surface area contributed by atoms with E-state index in [1.54, 1.807) is 7.11 Å². The fourth-order valence-corrected chi connectivity index (χ4v) is 1.86. The maximum Gasteiger partial charge on any atom is 0.340 e. The zero-order valence-electron chi connectivity index (χ0n) is 12.4. The Morgan fingerprint density at radius 2 is 2.09 bits per heavy atom. The van der Waals surface area contributed by atoms with Gasteiger partial charge in [-0.2, -0.15) is 0 Å². The first kappa shape index (κ1) is 16.8. The third kappa shape index (κ3) is 5.27. The lowest BCUT2D eigenvalue weighted by molar-refractivity contribution is -0.124. The van der Waals surface area contributed by atoms with E-state index < -0.39 is 11.9 Å². The van der Waals surface area contributed by atoms with E-state index in [1.165, 1.54) is 18.3 Å². The van der Waals surface area contributed by atoms with Crippen molar-refractivity contribution in [2.24, 2.45) is 0 Å². The van der Waals surface area contributed by atoms with Gasteiger partial charge in [0.1, 0.15) is 10.9 Å². The fourth-order valence-electron chi connectivity index (χ4n) is 1.75. The Labute approximate surface area is 138 Å². The van der Waals surface area contributed by atoms with Crippen LogP contribution in [0.4, 0.5) is 0 Å². The van der Waals surface area contributed by atoms with E-state index >= 15 is 0 Å². The van der Waals surface area contributed by atoms with Crippen LogP contribution in [-0.4, -0.2) is 30.6 Å². The molecule has 0 fully saturated rings. The van der Waals surface area contributed by atoms with Crippen LogP contribution in [-0.2, 0) is 16.1 Å². The van der Waals surface area contributed by atoms with Crippen molar-refractivity contribution in [1.29, 1.82) is 0 Å². The van der Waals surface area contributed by atoms with Crippen molar-refractivity contribution in [3.8, 4) is 5.75 Å². The molecular weight excluding hydrogens is 320 g/mol. The Morgan fingerprint density at radius 1 is 1.26 bits per heavy atom. The quantitative estimate of drug-likeness (QED) is 0.647. The number of ether oxygens (including phenoxy) is 2. The van der Waals surface area contributed by atoms with Gasteiger partial charge in [-0.1, -0.05) is 23.7 Å². The molecule has 2 aromatic rings. The fraction of sp³-hybridized carbons (Fsp3) is 0.188. The molecule has 0 saturated heterocycles. The maximum absolute atomic E-state index is 11.7. The van der Waals surface area contributed by atoms with Gasteiger partial charge in [-0.05, 0) is 29.8 Å². The number of nitrogens with one attached hydrogen (secondary N) is 1. The average molecular weight is 335 g/mol. The molecule has 0 radical (unpaired) electrons. The SMILES string of the molecule is COc1cccc(CNC(=O)COC(=O)c2ccc(Cl)nc2)c1. The lowest BCUT2D eigenvalue weighted by atomic mass is 10.2. The molecule has 1 heterocycles. The molecule has 0 spiro atoms. The first-order valence-corrected chi connectivity index (χ1v) is 7.14. The second kappa shape index (κ2) is 8.14. The molecule has 1 aromatic heterocycles. The number of carbonyl (C=O) groups excluding carboxylic acids is 2. The Morgan fingerprint density at radius 3 is 2.78 bits per heavy atom. The number of nitrogens with zero attached hydrogens (tertiary/aromatic N) is 1. The number of halogens is 1. The Balaban J connectivity index is 1.78. The van der Waals surface area contributed by atoms with Gasteiger partial charge in [-0.3, -0.25) is 4.79 Å². The van der Waals surface area contributed by atoms with E-state index in [0.29, 0.717) is 12.3 Å². The molecule has 0 unspecified atom stereocenters. The Kier molecular flexibility index (Phi) is 5.94. The van der Waals surface area contributed by atoms with Gasteiger partial charge in [0.15, 0.2) is 6.61 Å². The summed E-state index contributed by atoms with van der Waals surface area (Å²) in [6.07, 6.45) is 1.29. The number of rotatable bonds is 6. The van der Waals surface area contributed by atoms with Gasteiger partial charge in [0.25, 0.3) is 5.91 Å². The summed E-state index contributed by atoms with van der Waals surface area (Å²) in [4.78, 5) is 27.2. The highest BCUT2D eigenvalue weighted by Crippen LogP contribution is 2.12. The summed E-state index contributed by atoms with van der Waals surface area (Å²) < 4.78 is 10.0. The Hall–Kier alpha value is -2.60. The first-order valence-electron chi connectivity index (χ1n) is 6.77. The van der Waals surface area contributed by atoms with E-state index in [2.05, 4.69) is 10.3 Å². The number of benzene rings is 1. The lowest BCUT2D eigenvalue weighted by Gasteiger charge is -2.08. The number of methoxy groups -OCH3 is 1. The molecule has 1 aromatic carbocycles. The van der Waals surface area contributed by atoms with Crippen LogP contribution in [0, 0.1) is 0 Å². The van der Waals surface area contributed by atoms with E-state index in [9.17, 15) is 9.59 Å². The summed E-state index contributed by atoms with van der Waals surface area (Å²) in [5.41, 5.74) is 1.11. The number of esters is 1. The molecule has 1 N–H and O–H groups in total. The monoisotopic (exact) mass is 334 g/mol. The van der Waals surface area contributed by atoms with Crippen molar-refractivity contribution in [2.75, 3.05) is 13.7 Å². The molecule has 1 amide bonds. The Bertz CT molecular complexity index is 689. The number of hydrogen-bond acceptors (Lipinski definition) is 5. The van der Waals surface area contributed by atoms with Gasteiger partial charge >= 0.3 is 5.97 Å². The predicted molar refractivity (Wildman–Crippen MR) is 84.4 cm³/mol. The second-order valence-corrected chi connectivity index (χ2v) is 4.96. The summed E-state index contributed by atoms with van der Waals surface area (Å²) in [7, 11) is 1.57. The highest BCUT2D eigenvalue weighted by Gasteiger charge is 2.10. The topological polar surface area (TPSA) is 77.5 Å². The minimum absolute atomic E-state index is 0.231. The van der Waals surface area contributed by atoms with E-state index in [4.69, 9.17) is 21.1 Å². The smallest absolute Gasteiger partial charge is 0.340 e. The molecule has 120 valence electrons. The van der Waals surface area contributed by atoms with Gasteiger partial charge in [-0.25, -0.2) is 9.78 Å². The van der Waals surface area contributed by atoms with Gasteiger partial charge in [0, 0.05) is 12.7 Å². The zero-order chi connectivity index (χ0) is 16.7. The summed E-state index contributed by atoms with van der Waals surface area (Å²) >= 11 is 5.63. The van der Waals surface area contributed by atoms with Crippen molar-refractivity contribution in [1.82, 2.24) is 10.3 Å². The summed E-state index contributed by atoms with van der Waals surface area (Å²) in [6.45, 7) is -0.0541. The number of hydrogen-bond donors (Lipinski definition) is 1. The largest absolute Gasteiger partial charge is 0.497 e. The van der Waals surface area contributed by atoms with Crippen molar-refractivity contribution in [3.63, 3.8) is 0 Å². The van der Waals surface area contributed by atoms with Crippen molar-refractivity contribution < 1.29 is 19.1 Å². The van der Waals surface area contributed by atoms with Crippen LogP contribution in [0.3, 0.4) is 0 Å². The summed E-state index contributed by atoms with van der Waals surface area (Å²) in [6, 6.07) is 10.3. The predicted octanol–water partition coefficient (Wildman–Crippen LogP) is 2.22. The van der Waals surface area contributed by atoms with Crippen LogP contribution in [0.2, 0.25) is 5.15 Å². The first-order chi connectivity index (χ1) is 11.1. The molecule has 0 aliphatic heterocycles. The summed E-state index contributed by atoms with van der Waals surface area (Å²) in [5.74, 6) is -0.327. The zero-order valence-corrected chi connectivity index (χ0v) is 13.2. The molecule has 2 rings (SSSR count). The number of carbonyl (C=O) groups is 2. The van der Waals surface area contributed by atoms with Crippen LogP contribution in [0.5, 0.6) is 5.75 Å². The maximum atomic E-state index is 11.7. The minimum Gasteiger partial charge on any atom is -0.497 e. The van der Waals surface area contributed by atoms with Gasteiger partial charge in [0.2, 0.25) is 0 Å². The molecular formula is C16H15ClN2O4. The molecule has 6 nitrogen and oxygen atoms in total. The molecule has 0 aliphatic carbocycles. The number of amides is 1. The van der Waals surface area contributed by atoms with Gasteiger partial charge in [-0.15, -0.1) is 0 Å². The average Bonchev–Trinajstić information content (AvgIpc) is 2.58. The highest BCUT2D eigenvalue weighted by atomic mass is 35.5. The highest BCUT2D eigenvalue weighted by molar-refractivity contribution is 6.29. The number of pyridine rings is 1. The summed E-state index contributed by atoms with van der Waals surface area (Å²) in [5, 5.41) is 2.93. The van der Waals surface area contributed by atoms with Crippen molar-refractivity contribution >= 4 is 23.5 Å². The second-order valence-electron chi connectivity index (χ2n) is 4.57. The molecule has 23 heavy (non-hydrogen) atoms. The molecule has 0 bridgehead atoms. The third-order valence-electron chi connectivity index (χ3n) is 2.92. The number of aromatic nitrogens is 1. The van der Waals surface area contributed by atoms with Gasteiger partial charge < -0.3 is 14.8 Å². The standard InChI is InChI=1S/C16H15ClN2O4/c1-22-13-4-2-3-11(7-13)8-19-15(20)10-23-16(21)12-5-6-14(17)18-9-12/h2-7,9H,8,10H2,1H3,(H,19,20). The molecule has 0 saturated carbocycles. The van der Waals surface area contributed by atoms with Crippen molar-refractivity contribution in [2.45, 2.75) is 6.54 Å². The van der Waals surface area contributed by atoms with Crippen LogP contribution >= 0.6 is 11.6 Å². The third-order valence-corrected chi connectivity index (χ3v) is 3.14. The minimum atomic E-state index is -0.634. The van der Waals surface area contributed by atoms with Crippen LogP contribution in [0.1, 0.15) is 15.9 Å². The lowest BCUT2D eigenvalue weighted by Crippen LogP contribution is -2.28. The van der Waals surface area contributed by atoms with E-state index in [-0.39, 0.29) is 17.3 Å². The normalized spacial score (nSPS) is 10.0. The van der Waals surface area contributed by atoms with Crippen LogP contribution in [0.25, 0.3) is 0 Å². The van der Waals surface area contributed by atoms with E-state index in [1.807, 2.05) is 24.3 Å². The van der Waals surface area contributed by atoms with Crippen LogP contribution in [0.15, 0.2) is 42.6 Å². The van der Waals surface area contributed by atoms with E-state index in [0.717, 1.165) is 5.56 Å². The van der Waals surface area contributed by atoms with Crippen LogP contribution < -0.4 is 10.1 Å².